The minimum atomic E-state index is -0.861. The number of hydrogen-bond acceptors (Lipinski definition) is 5. The maximum absolute atomic E-state index is 12.4. The summed E-state index contributed by atoms with van der Waals surface area (Å²) in [7, 11) is 0. The van der Waals surface area contributed by atoms with Gasteiger partial charge >= 0.3 is 5.97 Å². The minimum absolute atomic E-state index is 0.0276. The van der Waals surface area contributed by atoms with Gasteiger partial charge in [-0.3, -0.25) is 9.59 Å². The van der Waals surface area contributed by atoms with E-state index in [9.17, 15) is 19.8 Å². The van der Waals surface area contributed by atoms with Crippen LogP contribution in [-0.2, 0) is 14.3 Å². The molecule has 0 rings (SSSR count). The molecule has 2 unspecified atom stereocenters. The molecule has 6 nitrogen and oxygen atoms in total. The molecule has 0 heterocycles. The molecule has 0 aliphatic carbocycles. The standard InChI is InChI=1S/C55H105NO5/c1-3-5-7-9-11-13-15-17-19-21-22-23-25-27-29-33-37-41-45-49-55(60)61-50-46-42-38-34-30-32-36-40-44-48-54(59)56-52(51-57)53(58)47-43-39-35-31-28-26-24-20-18-16-14-12-10-8-6-4-2/h17,19,43,47,52-53,57-58H,3-16,18,20-42,44-46,48-51H2,1-2H3,(H,56,59)/b19-17-,47-43+. The molecular weight excluding hydrogens is 755 g/mol. The third-order valence-corrected chi connectivity index (χ3v) is 12.5. The van der Waals surface area contributed by atoms with E-state index < -0.39 is 12.1 Å². The largest absolute Gasteiger partial charge is 0.466 e. The van der Waals surface area contributed by atoms with Gasteiger partial charge in [-0.15, -0.1) is 0 Å². The average molecular weight is 860 g/mol. The van der Waals surface area contributed by atoms with Crippen molar-refractivity contribution in [2.75, 3.05) is 13.2 Å². The van der Waals surface area contributed by atoms with Gasteiger partial charge in [0.1, 0.15) is 0 Å². The Balaban J connectivity index is 3.50. The van der Waals surface area contributed by atoms with Crippen molar-refractivity contribution in [3.05, 3.63) is 24.3 Å². The topological polar surface area (TPSA) is 95.9 Å². The number of ether oxygens (including phenoxy) is 1. The van der Waals surface area contributed by atoms with Crippen molar-refractivity contribution >= 4 is 11.9 Å². The number of nitrogens with one attached hydrogen (secondary N) is 1. The third kappa shape index (κ3) is 47.7. The molecule has 0 aliphatic rings. The normalized spacial score (nSPS) is 12.8. The Morgan fingerprint density at radius 1 is 0.443 bits per heavy atom. The number of carbonyl (C=O) groups excluding carboxylic acids is 2. The summed E-state index contributed by atoms with van der Waals surface area (Å²) in [5, 5.41) is 23.1. The summed E-state index contributed by atoms with van der Waals surface area (Å²) in [6.07, 6.45) is 60.4. The Morgan fingerprint density at radius 3 is 1.16 bits per heavy atom. The predicted molar refractivity (Wildman–Crippen MR) is 264 cm³/mol. The number of hydrogen-bond donors (Lipinski definition) is 3. The number of aliphatic hydroxyl groups excluding tert-OH is 2. The number of amides is 1. The van der Waals surface area contributed by atoms with E-state index in [0.717, 1.165) is 57.8 Å². The molecule has 0 bridgehead atoms. The molecule has 6 heteroatoms. The Labute approximate surface area is 380 Å². The van der Waals surface area contributed by atoms with Gasteiger partial charge in [0.25, 0.3) is 0 Å². The molecule has 0 aliphatic heterocycles. The van der Waals surface area contributed by atoms with Crippen LogP contribution in [0.3, 0.4) is 0 Å². The van der Waals surface area contributed by atoms with E-state index in [4.69, 9.17) is 4.74 Å². The number of unbranched alkanes of at least 4 members (excludes halogenated alkanes) is 37. The molecule has 0 radical (unpaired) electrons. The van der Waals surface area contributed by atoms with Crippen LogP contribution in [0.1, 0.15) is 290 Å². The molecule has 0 saturated carbocycles. The molecule has 61 heavy (non-hydrogen) atoms. The van der Waals surface area contributed by atoms with Gasteiger partial charge < -0.3 is 20.3 Å². The summed E-state index contributed by atoms with van der Waals surface area (Å²) in [5.74, 6) is -0.122. The van der Waals surface area contributed by atoms with Crippen molar-refractivity contribution in [2.24, 2.45) is 0 Å². The quantitative estimate of drug-likeness (QED) is 0.0322. The van der Waals surface area contributed by atoms with Crippen LogP contribution in [0.5, 0.6) is 0 Å². The first-order chi connectivity index (χ1) is 30.0. The van der Waals surface area contributed by atoms with E-state index in [0.29, 0.717) is 19.4 Å². The SMILES string of the molecule is CCCCCCCC/C=C\CCCCCCCCCCCC(=O)OCCCCCCCCCCCC(=O)NC(CO)C(O)/C=C/CCCCCCCCCCCCCCCC. The molecular formula is C55H105NO5. The van der Waals surface area contributed by atoms with Crippen molar-refractivity contribution < 1.29 is 24.5 Å². The highest BCUT2D eigenvalue weighted by molar-refractivity contribution is 5.76. The number of carbonyl (C=O) groups is 2. The summed E-state index contributed by atoms with van der Waals surface area (Å²) < 4.78 is 5.46. The second-order valence-corrected chi connectivity index (χ2v) is 18.6. The van der Waals surface area contributed by atoms with Crippen LogP contribution in [0.15, 0.2) is 24.3 Å². The molecule has 360 valence electrons. The van der Waals surface area contributed by atoms with Gasteiger partial charge in [0.15, 0.2) is 0 Å². The number of allylic oxidation sites excluding steroid dienone is 3. The molecule has 0 saturated heterocycles. The van der Waals surface area contributed by atoms with Crippen molar-refractivity contribution in [3.63, 3.8) is 0 Å². The molecule has 0 spiro atoms. The molecule has 1 amide bonds. The Hall–Kier alpha value is -1.66. The maximum atomic E-state index is 12.4. The zero-order valence-electron chi connectivity index (χ0n) is 40.9. The molecule has 0 fully saturated rings. The second kappa shape index (κ2) is 51.0. The van der Waals surface area contributed by atoms with Crippen LogP contribution < -0.4 is 5.32 Å². The van der Waals surface area contributed by atoms with Gasteiger partial charge in [-0.1, -0.05) is 244 Å². The molecule has 2 atom stereocenters. The highest BCUT2D eigenvalue weighted by atomic mass is 16.5. The van der Waals surface area contributed by atoms with E-state index in [-0.39, 0.29) is 18.5 Å². The van der Waals surface area contributed by atoms with Crippen LogP contribution in [0, 0.1) is 0 Å². The van der Waals surface area contributed by atoms with E-state index in [2.05, 4.69) is 31.3 Å². The number of esters is 1. The fourth-order valence-corrected chi connectivity index (χ4v) is 8.27. The van der Waals surface area contributed by atoms with Gasteiger partial charge in [-0.05, 0) is 57.8 Å². The summed E-state index contributed by atoms with van der Waals surface area (Å²) in [5.41, 5.74) is 0. The van der Waals surface area contributed by atoms with Crippen LogP contribution in [0.2, 0.25) is 0 Å². The zero-order valence-corrected chi connectivity index (χ0v) is 40.9. The van der Waals surface area contributed by atoms with E-state index in [1.54, 1.807) is 6.08 Å². The summed E-state index contributed by atoms with van der Waals surface area (Å²) >= 11 is 0. The van der Waals surface area contributed by atoms with Gasteiger partial charge in [0.05, 0.1) is 25.4 Å². The predicted octanol–water partition coefficient (Wildman–Crippen LogP) is 16.3. The van der Waals surface area contributed by atoms with E-state index in [1.165, 1.54) is 205 Å². The van der Waals surface area contributed by atoms with Gasteiger partial charge in [0.2, 0.25) is 5.91 Å². The summed E-state index contributed by atoms with van der Waals surface area (Å²) in [4.78, 5) is 24.5. The van der Waals surface area contributed by atoms with Crippen molar-refractivity contribution in [1.82, 2.24) is 5.32 Å². The van der Waals surface area contributed by atoms with Gasteiger partial charge in [-0.2, -0.15) is 0 Å². The third-order valence-electron chi connectivity index (χ3n) is 12.5. The smallest absolute Gasteiger partial charge is 0.305 e. The average Bonchev–Trinajstić information content (AvgIpc) is 3.26. The first-order valence-electron chi connectivity index (χ1n) is 27.1. The van der Waals surface area contributed by atoms with Crippen molar-refractivity contribution in [1.29, 1.82) is 0 Å². The lowest BCUT2D eigenvalue weighted by molar-refractivity contribution is -0.143. The number of aliphatic hydroxyl groups is 2. The Morgan fingerprint density at radius 2 is 0.770 bits per heavy atom. The first-order valence-corrected chi connectivity index (χ1v) is 27.1. The van der Waals surface area contributed by atoms with Gasteiger partial charge in [0, 0.05) is 12.8 Å². The van der Waals surface area contributed by atoms with Gasteiger partial charge in [-0.25, -0.2) is 0 Å². The lowest BCUT2D eigenvalue weighted by atomic mass is 10.0. The fraction of sp³-hybridized carbons (Fsp3) is 0.891. The monoisotopic (exact) mass is 860 g/mol. The van der Waals surface area contributed by atoms with Crippen molar-refractivity contribution in [3.8, 4) is 0 Å². The van der Waals surface area contributed by atoms with E-state index in [1.807, 2.05) is 6.08 Å². The first kappa shape index (κ1) is 59.3. The zero-order chi connectivity index (χ0) is 44.4. The highest BCUT2D eigenvalue weighted by Gasteiger charge is 2.18. The number of rotatable bonds is 50. The highest BCUT2D eigenvalue weighted by Crippen LogP contribution is 2.16. The fourth-order valence-electron chi connectivity index (χ4n) is 8.27. The molecule has 0 aromatic heterocycles. The molecule has 3 N–H and O–H groups in total. The van der Waals surface area contributed by atoms with Crippen LogP contribution in [-0.4, -0.2) is 47.4 Å². The summed E-state index contributed by atoms with van der Waals surface area (Å²) in [6, 6.07) is -0.648. The van der Waals surface area contributed by atoms with Crippen LogP contribution in [0.4, 0.5) is 0 Å². The van der Waals surface area contributed by atoms with Crippen molar-refractivity contribution in [2.45, 2.75) is 302 Å². The molecule has 0 aromatic rings. The Kier molecular flexibility index (Phi) is 49.6. The molecule has 0 aromatic carbocycles. The lowest BCUT2D eigenvalue weighted by Crippen LogP contribution is -2.45. The van der Waals surface area contributed by atoms with Crippen LogP contribution in [0.25, 0.3) is 0 Å². The summed E-state index contributed by atoms with van der Waals surface area (Å²) in [6.45, 7) is 4.84. The maximum Gasteiger partial charge on any atom is 0.305 e. The second-order valence-electron chi connectivity index (χ2n) is 18.6. The Bertz CT molecular complexity index is 951. The van der Waals surface area contributed by atoms with Crippen LogP contribution >= 0.6 is 0 Å². The van der Waals surface area contributed by atoms with E-state index >= 15 is 0 Å². The minimum Gasteiger partial charge on any atom is -0.466 e. The lowest BCUT2D eigenvalue weighted by Gasteiger charge is -2.20.